The van der Waals surface area contributed by atoms with Crippen molar-refractivity contribution in [1.29, 1.82) is 0 Å². The first-order valence-electron chi connectivity index (χ1n) is 12.7. The number of nitrogens with zero attached hydrogens (tertiary/aromatic N) is 1. The summed E-state index contributed by atoms with van der Waals surface area (Å²) in [4.78, 5) is 25.6. The van der Waals surface area contributed by atoms with Crippen LogP contribution in [0, 0.1) is 0 Å². The van der Waals surface area contributed by atoms with E-state index in [1.54, 1.807) is 0 Å². The third-order valence-corrected chi connectivity index (χ3v) is 7.54. The molecule has 0 aromatic heterocycles. The van der Waals surface area contributed by atoms with Gasteiger partial charge in [0.25, 0.3) is 0 Å². The normalized spacial score (nSPS) is 12.2. The Kier molecular flexibility index (Phi) is 19.2. The van der Waals surface area contributed by atoms with Crippen LogP contribution in [0.5, 0.6) is 0 Å². The van der Waals surface area contributed by atoms with Crippen LogP contribution < -0.4 is 0 Å². The number of rotatable bonds is 22. The van der Waals surface area contributed by atoms with Crippen LogP contribution in [-0.4, -0.2) is 49.8 Å². The molecule has 0 fully saturated rings. The number of hydrogen-bond donors (Lipinski definition) is 0. The molecule has 0 rings (SSSR count). The predicted molar refractivity (Wildman–Crippen MR) is 132 cm³/mol. The van der Waals surface area contributed by atoms with E-state index in [4.69, 9.17) is 4.52 Å². The van der Waals surface area contributed by atoms with Crippen molar-refractivity contribution in [3.05, 3.63) is 0 Å². The molecule has 0 N–H and O–H groups in total. The molecule has 0 saturated carbocycles. The summed E-state index contributed by atoms with van der Waals surface area (Å²) in [6.45, 7) is 5.78. The molecule has 0 radical (unpaired) electrons. The fourth-order valence-corrected chi connectivity index (χ4v) is 5.19. The number of likely N-dealkylation sites (N-methyl/N-ethyl adjacent to an activating group) is 1. The van der Waals surface area contributed by atoms with Gasteiger partial charge >= 0.3 is 189 Å². The van der Waals surface area contributed by atoms with Crippen molar-refractivity contribution in [1.82, 2.24) is 0 Å². The minimum atomic E-state index is -2.01. The van der Waals surface area contributed by atoms with Crippen LogP contribution >= 0.6 is 8.15 Å². The molecule has 0 atom stereocenters. The molecule has 0 aromatic rings. The maximum atomic E-state index is 12.8. The van der Waals surface area contributed by atoms with Gasteiger partial charge in [-0.2, -0.15) is 0 Å². The molecule has 5 heteroatoms. The van der Waals surface area contributed by atoms with E-state index in [2.05, 4.69) is 35.0 Å². The summed E-state index contributed by atoms with van der Waals surface area (Å²) >= 11 is 0. The first kappa shape index (κ1) is 29.7. The monoisotopic (exact) mass is 445 g/mol. The summed E-state index contributed by atoms with van der Waals surface area (Å²) in [5, 5.41) is 0. The number of hydrogen-bond acceptors (Lipinski definition) is 3. The van der Waals surface area contributed by atoms with Crippen LogP contribution in [0.4, 0.5) is 0 Å². The van der Waals surface area contributed by atoms with E-state index >= 15 is 0 Å². The molecular formula is C25H52NO3P. The van der Waals surface area contributed by atoms with Crippen molar-refractivity contribution in [2.24, 2.45) is 0 Å². The topological polar surface area (TPSA) is 43.4 Å². The summed E-state index contributed by atoms with van der Waals surface area (Å²) in [5.74, 6) is 0. The summed E-state index contributed by atoms with van der Waals surface area (Å²) in [6, 6.07) is 0. The average Bonchev–Trinajstić information content (AvgIpc) is 2.68. The molecule has 0 aliphatic carbocycles. The minimum absolute atomic E-state index is 0.0999. The Morgan fingerprint density at radius 3 is 1.37 bits per heavy atom. The van der Waals surface area contributed by atoms with Crippen LogP contribution in [0.1, 0.15) is 117 Å². The second-order valence-electron chi connectivity index (χ2n) is 9.78. The van der Waals surface area contributed by atoms with Crippen molar-refractivity contribution in [2.45, 2.75) is 117 Å². The number of carbonyl (C=O) groups is 2. The van der Waals surface area contributed by atoms with Gasteiger partial charge in [0, 0.05) is 0 Å². The van der Waals surface area contributed by atoms with Gasteiger partial charge in [-0.25, -0.2) is 0 Å². The van der Waals surface area contributed by atoms with Crippen LogP contribution in [-0.2, 0) is 14.1 Å². The van der Waals surface area contributed by atoms with E-state index in [-0.39, 0.29) is 11.0 Å². The Morgan fingerprint density at radius 2 is 1.00 bits per heavy atom. The molecule has 0 aliphatic rings. The Labute approximate surface area is 188 Å². The van der Waals surface area contributed by atoms with Gasteiger partial charge in [0.15, 0.2) is 0 Å². The van der Waals surface area contributed by atoms with Crippen LogP contribution in [0.15, 0.2) is 0 Å². The van der Waals surface area contributed by atoms with Gasteiger partial charge in [-0.15, -0.1) is 0 Å². The molecule has 0 amide bonds. The molecule has 0 bridgehead atoms. The van der Waals surface area contributed by atoms with E-state index in [0.717, 1.165) is 36.7 Å². The van der Waals surface area contributed by atoms with Gasteiger partial charge in [-0.1, -0.05) is 0 Å². The van der Waals surface area contributed by atoms with Crippen LogP contribution in [0.3, 0.4) is 0 Å². The van der Waals surface area contributed by atoms with Gasteiger partial charge in [0.2, 0.25) is 0 Å². The van der Waals surface area contributed by atoms with E-state index in [1.165, 1.54) is 64.2 Å². The number of unbranched alkanes of at least 4 members (excludes halogenated alkanes) is 12. The Morgan fingerprint density at radius 1 is 0.633 bits per heavy atom. The number of carbonyl (C=O) groups excluding carboxylic acids is 2. The van der Waals surface area contributed by atoms with Crippen molar-refractivity contribution in [3.63, 3.8) is 0 Å². The van der Waals surface area contributed by atoms with Crippen molar-refractivity contribution in [3.8, 4) is 0 Å². The fraction of sp³-hybridized carbons (Fsp3) is 0.920. The molecule has 0 heterocycles. The first-order valence-corrected chi connectivity index (χ1v) is 14.1. The molecule has 0 unspecified atom stereocenters. The van der Waals surface area contributed by atoms with Gasteiger partial charge in [0.1, 0.15) is 0 Å². The predicted octanol–water partition coefficient (Wildman–Crippen LogP) is 7.17. The Hall–Kier alpha value is -0.310. The quantitative estimate of drug-likeness (QED) is 0.101. The van der Waals surface area contributed by atoms with Gasteiger partial charge < -0.3 is 0 Å². The van der Waals surface area contributed by atoms with Crippen LogP contribution in [0.25, 0.3) is 0 Å². The van der Waals surface area contributed by atoms with Gasteiger partial charge in [-0.05, 0) is 0 Å². The molecule has 0 aliphatic heterocycles. The third-order valence-electron chi connectivity index (χ3n) is 5.53. The zero-order valence-corrected chi connectivity index (χ0v) is 21.9. The fourth-order valence-electron chi connectivity index (χ4n) is 3.45. The van der Waals surface area contributed by atoms with Crippen molar-refractivity contribution >= 4 is 19.2 Å². The van der Waals surface area contributed by atoms with E-state index < -0.39 is 8.15 Å². The molecule has 0 spiro atoms. The van der Waals surface area contributed by atoms with Gasteiger partial charge in [-0.3, -0.25) is 0 Å². The maximum absolute atomic E-state index is 12.8. The molecule has 0 aromatic carbocycles. The van der Waals surface area contributed by atoms with Crippen LogP contribution in [0.2, 0.25) is 0 Å². The Balaban J connectivity index is 4.33. The Bertz CT molecular complexity index is 405. The summed E-state index contributed by atoms with van der Waals surface area (Å²) in [5.41, 5.74) is 0.200. The summed E-state index contributed by atoms with van der Waals surface area (Å²) in [6.07, 6.45) is 17.7. The standard InChI is InChI=1S/C25H52NO3P/c1-6-8-10-12-14-16-18-20-24(27)30(29-23-22-26(3,4)5)25(28)21-19-17-15-13-11-9-7-2/h30H,6-23H2,1-5H3. The molecular weight excluding hydrogens is 393 g/mol. The van der Waals surface area contributed by atoms with Crippen molar-refractivity contribution < 1.29 is 18.6 Å². The molecule has 4 nitrogen and oxygen atoms in total. The molecule has 0 saturated heterocycles. The first-order chi connectivity index (χ1) is 14.3. The number of quaternary nitrogens is 1. The second-order valence-corrected chi connectivity index (χ2v) is 11.8. The zero-order chi connectivity index (χ0) is 22.7. The SMILES string of the molecule is CCCCCCCCCC(=O)[PH-](OCC[N+](C)(C)C)C(=O)CCCCCCCCC. The van der Waals surface area contributed by atoms with E-state index in [1.807, 2.05) is 0 Å². The summed E-state index contributed by atoms with van der Waals surface area (Å²) < 4.78 is 6.73. The van der Waals surface area contributed by atoms with E-state index in [0.29, 0.717) is 19.4 Å². The summed E-state index contributed by atoms with van der Waals surface area (Å²) in [7, 11) is 4.31. The molecule has 180 valence electrons. The third kappa shape index (κ3) is 18.5. The molecule has 30 heavy (non-hydrogen) atoms. The zero-order valence-electron chi connectivity index (χ0n) is 20.9. The van der Waals surface area contributed by atoms with E-state index in [9.17, 15) is 9.59 Å². The van der Waals surface area contributed by atoms with Crippen molar-refractivity contribution in [2.75, 3.05) is 34.3 Å². The average molecular weight is 446 g/mol. The van der Waals surface area contributed by atoms with Gasteiger partial charge in [0.05, 0.1) is 0 Å². The second kappa shape index (κ2) is 19.4.